The van der Waals surface area contributed by atoms with E-state index in [0.717, 1.165) is 23.5 Å². The molecule has 1 heterocycles. The van der Waals surface area contributed by atoms with Crippen molar-refractivity contribution in [1.29, 1.82) is 0 Å². The third kappa shape index (κ3) is 5.13. The normalized spacial score (nSPS) is 11.3. The van der Waals surface area contributed by atoms with E-state index in [4.69, 9.17) is 5.14 Å². The second-order valence-corrected chi connectivity index (χ2v) is 8.34. The smallest absolute Gasteiger partial charge is 0.252 e. The van der Waals surface area contributed by atoms with E-state index >= 15 is 0 Å². The SMILES string of the molecule is NS(=O)(=O)c1cc(C(=O)NCCCSc2ccccc2)cs1. The lowest BCUT2D eigenvalue weighted by atomic mass is 10.3. The van der Waals surface area contributed by atoms with Crippen LogP contribution < -0.4 is 10.5 Å². The van der Waals surface area contributed by atoms with E-state index < -0.39 is 10.0 Å². The van der Waals surface area contributed by atoms with Crippen LogP contribution in [0.4, 0.5) is 0 Å². The van der Waals surface area contributed by atoms with Gasteiger partial charge in [-0.05, 0) is 30.4 Å². The van der Waals surface area contributed by atoms with E-state index in [-0.39, 0.29) is 10.1 Å². The highest BCUT2D eigenvalue weighted by molar-refractivity contribution is 7.99. The van der Waals surface area contributed by atoms with Gasteiger partial charge in [-0.3, -0.25) is 4.79 Å². The summed E-state index contributed by atoms with van der Waals surface area (Å²) in [6.45, 7) is 0.541. The summed E-state index contributed by atoms with van der Waals surface area (Å²) in [5.74, 6) is 0.618. The summed E-state index contributed by atoms with van der Waals surface area (Å²) in [5, 5.41) is 9.28. The molecule has 2 aromatic rings. The van der Waals surface area contributed by atoms with E-state index in [1.54, 1.807) is 11.8 Å². The van der Waals surface area contributed by atoms with E-state index in [2.05, 4.69) is 5.32 Å². The third-order valence-electron chi connectivity index (χ3n) is 2.74. The van der Waals surface area contributed by atoms with Crippen molar-refractivity contribution >= 4 is 39.0 Å². The van der Waals surface area contributed by atoms with Crippen LogP contribution in [0.3, 0.4) is 0 Å². The first-order valence-electron chi connectivity index (χ1n) is 6.54. The average molecular weight is 356 g/mol. The van der Waals surface area contributed by atoms with Crippen molar-refractivity contribution in [2.24, 2.45) is 5.14 Å². The molecule has 5 nitrogen and oxygen atoms in total. The molecule has 0 aliphatic carbocycles. The van der Waals surface area contributed by atoms with Crippen LogP contribution in [-0.4, -0.2) is 26.6 Å². The highest BCUT2D eigenvalue weighted by atomic mass is 32.2. The van der Waals surface area contributed by atoms with Gasteiger partial charge >= 0.3 is 0 Å². The zero-order valence-corrected chi connectivity index (χ0v) is 14.1. The summed E-state index contributed by atoms with van der Waals surface area (Å²) >= 11 is 2.68. The van der Waals surface area contributed by atoms with Crippen molar-refractivity contribution < 1.29 is 13.2 Å². The number of rotatable bonds is 7. The summed E-state index contributed by atoms with van der Waals surface area (Å²) in [6, 6.07) is 11.3. The van der Waals surface area contributed by atoms with E-state index in [1.807, 2.05) is 30.3 Å². The number of primary sulfonamides is 1. The van der Waals surface area contributed by atoms with E-state index in [1.165, 1.54) is 16.3 Å². The van der Waals surface area contributed by atoms with Gasteiger partial charge in [0, 0.05) is 16.8 Å². The number of nitrogens with one attached hydrogen (secondary N) is 1. The molecule has 0 saturated heterocycles. The molecule has 8 heteroatoms. The molecule has 3 N–H and O–H groups in total. The molecule has 0 bridgehead atoms. The molecule has 0 spiro atoms. The van der Waals surface area contributed by atoms with Crippen LogP contribution in [0.15, 0.2) is 50.9 Å². The Morgan fingerprint density at radius 1 is 1.27 bits per heavy atom. The van der Waals surface area contributed by atoms with Gasteiger partial charge in [-0.15, -0.1) is 23.1 Å². The van der Waals surface area contributed by atoms with Crippen molar-refractivity contribution in [2.75, 3.05) is 12.3 Å². The first kappa shape index (κ1) is 17.0. The predicted octanol–water partition coefficient (Wildman–Crippen LogP) is 2.31. The van der Waals surface area contributed by atoms with Crippen molar-refractivity contribution in [2.45, 2.75) is 15.5 Å². The molecule has 1 aromatic carbocycles. The minimum Gasteiger partial charge on any atom is -0.352 e. The van der Waals surface area contributed by atoms with Crippen LogP contribution in [0, 0.1) is 0 Å². The molecule has 118 valence electrons. The maximum Gasteiger partial charge on any atom is 0.252 e. The van der Waals surface area contributed by atoms with Crippen molar-refractivity contribution in [1.82, 2.24) is 5.32 Å². The maximum absolute atomic E-state index is 11.9. The fraction of sp³-hybridized carbons (Fsp3) is 0.214. The number of nitrogens with two attached hydrogens (primary N) is 1. The van der Waals surface area contributed by atoms with Gasteiger partial charge in [-0.1, -0.05) is 18.2 Å². The number of thioether (sulfide) groups is 1. The van der Waals surface area contributed by atoms with Crippen LogP contribution in [0.1, 0.15) is 16.8 Å². The first-order valence-corrected chi connectivity index (χ1v) is 9.95. The Labute approximate surface area is 138 Å². The third-order valence-corrected chi connectivity index (χ3v) is 6.22. The highest BCUT2D eigenvalue weighted by Crippen LogP contribution is 2.19. The highest BCUT2D eigenvalue weighted by Gasteiger charge is 2.14. The van der Waals surface area contributed by atoms with Gasteiger partial charge in [-0.25, -0.2) is 13.6 Å². The predicted molar refractivity (Wildman–Crippen MR) is 89.8 cm³/mol. The van der Waals surface area contributed by atoms with Crippen molar-refractivity contribution in [3.63, 3.8) is 0 Å². The molecule has 2 rings (SSSR count). The zero-order valence-electron chi connectivity index (χ0n) is 11.7. The molecule has 1 aromatic heterocycles. The number of carbonyl (C=O) groups is 1. The molecule has 22 heavy (non-hydrogen) atoms. The maximum atomic E-state index is 11.9. The van der Waals surface area contributed by atoms with Crippen LogP contribution >= 0.6 is 23.1 Å². The van der Waals surface area contributed by atoms with Gasteiger partial charge in [0.25, 0.3) is 5.91 Å². The topological polar surface area (TPSA) is 89.3 Å². The number of hydrogen-bond acceptors (Lipinski definition) is 5. The first-order chi connectivity index (χ1) is 10.5. The van der Waals surface area contributed by atoms with E-state index in [0.29, 0.717) is 12.1 Å². The Morgan fingerprint density at radius 3 is 2.64 bits per heavy atom. The molecular weight excluding hydrogens is 340 g/mol. The van der Waals surface area contributed by atoms with Crippen molar-refractivity contribution in [3.8, 4) is 0 Å². The second kappa shape index (κ2) is 7.77. The number of benzene rings is 1. The quantitative estimate of drug-likeness (QED) is 0.588. The minimum atomic E-state index is -3.74. The Balaban J connectivity index is 1.73. The lowest BCUT2D eigenvalue weighted by Gasteiger charge is -2.04. The Kier molecular flexibility index (Phi) is 6.01. The molecule has 0 unspecified atom stereocenters. The summed E-state index contributed by atoms with van der Waals surface area (Å²) in [5.41, 5.74) is 0.324. The fourth-order valence-electron chi connectivity index (χ4n) is 1.67. The minimum absolute atomic E-state index is 0.00252. The average Bonchev–Trinajstić information content (AvgIpc) is 2.98. The fourth-order valence-corrected chi connectivity index (χ4v) is 4.13. The van der Waals surface area contributed by atoms with Crippen molar-refractivity contribution in [3.05, 3.63) is 47.3 Å². The second-order valence-electron chi connectivity index (χ2n) is 4.47. The molecule has 0 fully saturated rings. The molecule has 0 aliphatic rings. The molecule has 0 radical (unpaired) electrons. The molecule has 1 amide bonds. The van der Waals surface area contributed by atoms with Crippen LogP contribution in [0.5, 0.6) is 0 Å². The largest absolute Gasteiger partial charge is 0.352 e. The lowest BCUT2D eigenvalue weighted by Crippen LogP contribution is -2.24. The molecule has 0 aliphatic heterocycles. The zero-order chi connectivity index (χ0) is 16.0. The molecule has 0 atom stereocenters. The Bertz CT molecular complexity index is 727. The van der Waals surface area contributed by atoms with Crippen LogP contribution in [-0.2, 0) is 10.0 Å². The number of sulfonamides is 1. The van der Waals surface area contributed by atoms with E-state index in [9.17, 15) is 13.2 Å². The van der Waals surface area contributed by atoms with Gasteiger partial charge in [0.2, 0.25) is 10.0 Å². The summed E-state index contributed by atoms with van der Waals surface area (Å²) < 4.78 is 22.3. The number of hydrogen-bond donors (Lipinski definition) is 2. The van der Waals surface area contributed by atoms with Gasteiger partial charge in [0.1, 0.15) is 4.21 Å². The Hall–Kier alpha value is -1.35. The number of carbonyl (C=O) groups excluding carboxylic acids is 1. The van der Waals surface area contributed by atoms with Gasteiger partial charge in [0.15, 0.2) is 0 Å². The van der Waals surface area contributed by atoms with Gasteiger partial charge in [-0.2, -0.15) is 0 Å². The number of amides is 1. The van der Waals surface area contributed by atoms with Crippen LogP contribution in [0.2, 0.25) is 0 Å². The summed E-state index contributed by atoms with van der Waals surface area (Å²) in [7, 11) is -3.74. The summed E-state index contributed by atoms with van der Waals surface area (Å²) in [6.07, 6.45) is 0.831. The Morgan fingerprint density at radius 2 is 2.00 bits per heavy atom. The standard InChI is InChI=1S/C14H16N2O3S3/c15-22(18,19)13-9-11(10-21-13)14(17)16-7-4-8-20-12-5-2-1-3-6-12/h1-3,5-6,9-10H,4,7-8H2,(H,16,17)(H2,15,18,19). The van der Waals surface area contributed by atoms with Gasteiger partial charge in [0.05, 0.1) is 5.56 Å². The lowest BCUT2D eigenvalue weighted by molar-refractivity contribution is 0.0954. The molecule has 0 saturated carbocycles. The number of thiophene rings is 1. The summed E-state index contributed by atoms with van der Waals surface area (Å²) in [4.78, 5) is 13.1. The molecular formula is C14H16N2O3S3. The monoisotopic (exact) mass is 356 g/mol. The van der Waals surface area contributed by atoms with Gasteiger partial charge < -0.3 is 5.32 Å². The van der Waals surface area contributed by atoms with Crippen LogP contribution in [0.25, 0.3) is 0 Å².